The van der Waals surface area contributed by atoms with E-state index in [-0.39, 0.29) is 22.7 Å². The van der Waals surface area contributed by atoms with Gasteiger partial charge in [-0.3, -0.25) is 4.79 Å². The molecular formula is C14H24N2O3. The average Bonchev–Trinajstić information content (AvgIpc) is 2.65. The van der Waals surface area contributed by atoms with Crippen molar-refractivity contribution in [2.45, 2.75) is 46.7 Å². The molecule has 0 spiro atoms. The summed E-state index contributed by atoms with van der Waals surface area (Å²) in [5.41, 5.74) is 5.65. The molecule has 2 aliphatic rings. The molecule has 1 aliphatic carbocycles. The maximum absolute atomic E-state index is 12.4. The van der Waals surface area contributed by atoms with Crippen molar-refractivity contribution in [2.75, 3.05) is 6.54 Å². The molecule has 0 aromatic carbocycles. The van der Waals surface area contributed by atoms with Crippen LogP contribution in [-0.2, 0) is 9.59 Å². The molecule has 108 valence electrons. The standard InChI is InChI=1S/C14H24N2O3/c1-13(2,3)10(15)11(17)16-6-7-8(14(7,4)5)9(16)12(18)19/h7-10H,6,15H2,1-5H3,(H,18,19)/t7?,8?,9?,10-/m1/s1. The van der Waals surface area contributed by atoms with Crippen molar-refractivity contribution in [1.82, 2.24) is 4.90 Å². The lowest BCUT2D eigenvalue weighted by Crippen LogP contribution is -2.55. The number of carboxylic acid groups (broad SMARTS) is 1. The minimum Gasteiger partial charge on any atom is -0.480 e. The highest BCUT2D eigenvalue weighted by Crippen LogP contribution is 2.64. The van der Waals surface area contributed by atoms with Crippen LogP contribution < -0.4 is 5.73 Å². The third-order valence-electron chi connectivity index (χ3n) is 4.94. The number of carboxylic acids is 1. The van der Waals surface area contributed by atoms with E-state index in [2.05, 4.69) is 13.8 Å². The maximum atomic E-state index is 12.4. The minimum absolute atomic E-state index is 0.0334. The zero-order chi connectivity index (χ0) is 14.7. The number of hydrogen-bond acceptors (Lipinski definition) is 3. The molecule has 1 saturated carbocycles. The Morgan fingerprint density at radius 3 is 2.32 bits per heavy atom. The molecule has 5 nitrogen and oxygen atoms in total. The van der Waals surface area contributed by atoms with E-state index in [0.29, 0.717) is 12.5 Å². The fourth-order valence-corrected chi connectivity index (χ4v) is 3.34. The Hall–Kier alpha value is -1.10. The van der Waals surface area contributed by atoms with Gasteiger partial charge in [0.25, 0.3) is 0 Å². The van der Waals surface area contributed by atoms with Gasteiger partial charge in [-0.1, -0.05) is 34.6 Å². The van der Waals surface area contributed by atoms with E-state index in [1.807, 2.05) is 20.8 Å². The number of nitrogens with zero attached hydrogens (tertiary/aromatic N) is 1. The summed E-state index contributed by atoms with van der Waals surface area (Å²) in [6.07, 6.45) is 0. The number of hydrogen-bond donors (Lipinski definition) is 2. The number of fused-ring (bicyclic) bond motifs is 1. The zero-order valence-corrected chi connectivity index (χ0v) is 12.3. The topological polar surface area (TPSA) is 83.6 Å². The Morgan fingerprint density at radius 2 is 1.89 bits per heavy atom. The van der Waals surface area contributed by atoms with Crippen LogP contribution in [0.4, 0.5) is 0 Å². The second-order valence-electron chi connectivity index (χ2n) is 7.57. The second-order valence-corrected chi connectivity index (χ2v) is 7.57. The number of carbonyl (C=O) groups excluding carboxylic acids is 1. The molecule has 1 aliphatic heterocycles. The van der Waals surface area contributed by atoms with Crippen LogP contribution in [0.25, 0.3) is 0 Å². The van der Waals surface area contributed by atoms with Gasteiger partial charge in [0.15, 0.2) is 0 Å². The Labute approximate surface area is 114 Å². The lowest BCUT2D eigenvalue weighted by Gasteiger charge is -2.34. The Morgan fingerprint density at radius 1 is 1.37 bits per heavy atom. The summed E-state index contributed by atoms with van der Waals surface area (Å²) in [5.74, 6) is -0.777. The van der Waals surface area contributed by atoms with Gasteiger partial charge in [0.1, 0.15) is 6.04 Å². The lowest BCUT2D eigenvalue weighted by atomic mass is 9.86. The highest BCUT2D eigenvalue weighted by molar-refractivity contribution is 5.89. The van der Waals surface area contributed by atoms with Gasteiger partial charge in [-0.15, -0.1) is 0 Å². The molecule has 2 rings (SSSR count). The van der Waals surface area contributed by atoms with Crippen LogP contribution in [0.1, 0.15) is 34.6 Å². The first kappa shape index (κ1) is 14.3. The van der Waals surface area contributed by atoms with Gasteiger partial charge in [0.05, 0.1) is 6.04 Å². The Balaban J connectivity index is 2.19. The van der Waals surface area contributed by atoms with Crippen molar-refractivity contribution in [3.05, 3.63) is 0 Å². The number of aliphatic carboxylic acids is 1. The van der Waals surface area contributed by atoms with E-state index in [0.717, 1.165) is 0 Å². The molecule has 1 amide bonds. The van der Waals surface area contributed by atoms with Crippen LogP contribution in [0.5, 0.6) is 0 Å². The van der Waals surface area contributed by atoms with E-state index in [1.165, 1.54) is 4.90 Å². The first-order chi connectivity index (χ1) is 8.49. The van der Waals surface area contributed by atoms with Gasteiger partial charge in [0.2, 0.25) is 5.91 Å². The fourth-order valence-electron chi connectivity index (χ4n) is 3.34. The van der Waals surface area contributed by atoms with E-state index in [1.54, 1.807) is 0 Å². The molecule has 19 heavy (non-hydrogen) atoms. The monoisotopic (exact) mass is 268 g/mol. The molecule has 1 saturated heterocycles. The highest BCUT2D eigenvalue weighted by atomic mass is 16.4. The SMILES string of the molecule is CC1(C)C2CN(C(=O)[C@@H](N)C(C)(C)C)C(C(=O)O)C21. The smallest absolute Gasteiger partial charge is 0.326 e. The Bertz CT molecular complexity index is 425. The molecule has 3 unspecified atom stereocenters. The normalized spacial score (nSPS) is 33.8. The summed E-state index contributed by atoms with van der Waals surface area (Å²) in [5, 5.41) is 9.41. The molecule has 2 fully saturated rings. The third-order valence-corrected chi connectivity index (χ3v) is 4.94. The summed E-state index contributed by atoms with van der Waals surface area (Å²) < 4.78 is 0. The van der Waals surface area contributed by atoms with Gasteiger partial charge in [-0.2, -0.15) is 0 Å². The number of amides is 1. The molecular weight excluding hydrogens is 244 g/mol. The largest absolute Gasteiger partial charge is 0.480 e. The van der Waals surface area contributed by atoms with E-state index < -0.39 is 18.1 Å². The summed E-state index contributed by atoms with van der Waals surface area (Å²) in [4.78, 5) is 25.4. The van der Waals surface area contributed by atoms with Gasteiger partial charge in [0, 0.05) is 12.5 Å². The van der Waals surface area contributed by atoms with E-state index >= 15 is 0 Å². The zero-order valence-electron chi connectivity index (χ0n) is 12.3. The molecule has 1 heterocycles. The molecule has 4 atom stereocenters. The predicted molar refractivity (Wildman–Crippen MR) is 71.3 cm³/mol. The van der Waals surface area contributed by atoms with E-state index in [4.69, 9.17) is 5.73 Å². The van der Waals surface area contributed by atoms with Crippen LogP contribution >= 0.6 is 0 Å². The first-order valence-electron chi connectivity index (χ1n) is 6.78. The molecule has 0 bridgehead atoms. The molecule has 0 aromatic rings. The van der Waals surface area contributed by atoms with Gasteiger partial charge >= 0.3 is 5.97 Å². The maximum Gasteiger partial charge on any atom is 0.326 e. The van der Waals surface area contributed by atoms with Crippen LogP contribution in [0.15, 0.2) is 0 Å². The fraction of sp³-hybridized carbons (Fsp3) is 0.857. The molecule has 0 radical (unpaired) electrons. The van der Waals surface area contributed by atoms with Crippen molar-refractivity contribution >= 4 is 11.9 Å². The van der Waals surface area contributed by atoms with Crippen LogP contribution in [0.3, 0.4) is 0 Å². The minimum atomic E-state index is -0.910. The van der Waals surface area contributed by atoms with Gasteiger partial charge in [-0.05, 0) is 16.7 Å². The second kappa shape index (κ2) is 3.95. The quantitative estimate of drug-likeness (QED) is 0.780. The Kier molecular flexibility index (Phi) is 2.97. The third kappa shape index (κ3) is 2.04. The van der Waals surface area contributed by atoms with Crippen molar-refractivity contribution in [1.29, 1.82) is 0 Å². The van der Waals surface area contributed by atoms with Gasteiger partial charge < -0.3 is 15.7 Å². The summed E-state index contributed by atoms with van der Waals surface area (Å²) in [6, 6.07) is -1.36. The van der Waals surface area contributed by atoms with Crippen molar-refractivity contribution in [2.24, 2.45) is 28.4 Å². The van der Waals surface area contributed by atoms with E-state index in [9.17, 15) is 14.7 Å². The van der Waals surface area contributed by atoms with Crippen molar-refractivity contribution in [3.8, 4) is 0 Å². The lowest BCUT2D eigenvalue weighted by molar-refractivity contribution is -0.151. The van der Waals surface area contributed by atoms with Gasteiger partial charge in [-0.25, -0.2) is 4.79 Å². The number of carbonyl (C=O) groups is 2. The summed E-state index contributed by atoms with van der Waals surface area (Å²) in [6.45, 7) is 10.4. The summed E-state index contributed by atoms with van der Waals surface area (Å²) >= 11 is 0. The number of nitrogens with two attached hydrogens (primary N) is 1. The highest BCUT2D eigenvalue weighted by Gasteiger charge is 2.69. The molecule has 3 N–H and O–H groups in total. The van der Waals surface area contributed by atoms with Crippen LogP contribution in [-0.4, -0.2) is 40.5 Å². The number of piperidine rings is 1. The predicted octanol–water partition coefficient (Wildman–Crippen LogP) is 0.927. The number of rotatable bonds is 2. The molecule has 0 aromatic heterocycles. The average molecular weight is 268 g/mol. The van der Waals surface area contributed by atoms with Crippen molar-refractivity contribution < 1.29 is 14.7 Å². The molecule has 5 heteroatoms. The van der Waals surface area contributed by atoms with Crippen molar-refractivity contribution in [3.63, 3.8) is 0 Å². The van der Waals surface area contributed by atoms with Crippen LogP contribution in [0, 0.1) is 22.7 Å². The number of likely N-dealkylation sites (tertiary alicyclic amines) is 1. The van der Waals surface area contributed by atoms with Crippen LogP contribution in [0.2, 0.25) is 0 Å². The summed E-state index contributed by atoms with van der Waals surface area (Å²) in [7, 11) is 0. The first-order valence-corrected chi connectivity index (χ1v) is 6.78.